The third kappa shape index (κ3) is 6.80. The summed E-state index contributed by atoms with van der Waals surface area (Å²) in [6, 6.07) is 9.39. The number of amides is 3. The number of hydrogen-bond acceptors (Lipinski definition) is 6. The number of carbonyl (C=O) groups is 3. The third-order valence-corrected chi connectivity index (χ3v) is 3.85. The molecule has 160 valence electrons. The summed E-state index contributed by atoms with van der Waals surface area (Å²) in [5.74, 6) is -0.350. The van der Waals surface area contributed by atoms with Crippen LogP contribution in [0.15, 0.2) is 36.4 Å². The number of aryl methyl sites for hydroxylation is 2. The normalized spacial score (nSPS) is 10.1. The molecular weight excluding hydrogens is 388 g/mol. The zero-order valence-corrected chi connectivity index (χ0v) is 17.5. The zero-order valence-electron chi connectivity index (χ0n) is 17.5. The van der Waals surface area contributed by atoms with E-state index < -0.39 is 24.5 Å². The molecule has 8 heteroatoms. The highest BCUT2D eigenvalue weighted by Crippen LogP contribution is 2.30. The van der Waals surface area contributed by atoms with Crippen molar-refractivity contribution >= 4 is 23.6 Å². The molecule has 0 radical (unpaired) electrons. The Morgan fingerprint density at radius 3 is 2.13 bits per heavy atom. The quantitative estimate of drug-likeness (QED) is 0.640. The number of carbonyl (C=O) groups excluding carboxylic acids is 3. The first-order valence-electron chi connectivity index (χ1n) is 9.58. The van der Waals surface area contributed by atoms with Gasteiger partial charge in [-0.1, -0.05) is 17.2 Å². The zero-order chi connectivity index (χ0) is 22.1. The van der Waals surface area contributed by atoms with Gasteiger partial charge in [0.05, 0.1) is 18.8 Å². The minimum Gasteiger partial charge on any atom is -0.490 e. The van der Waals surface area contributed by atoms with Crippen molar-refractivity contribution in [3.05, 3.63) is 53.1 Å². The molecule has 0 spiro atoms. The Labute approximate surface area is 175 Å². The second-order valence-electron chi connectivity index (χ2n) is 6.48. The van der Waals surface area contributed by atoms with Gasteiger partial charge in [-0.05, 0) is 52.0 Å². The summed E-state index contributed by atoms with van der Waals surface area (Å²) in [4.78, 5) is 36.1. The molecule has 2 rings (SSSR count). The molecule has 0 bridgehead atoms. The first kappa shape index (κ1) is 22.7. The fraction of sp³-hybridized carbons (Fsp3) is 0.318. The molecule has 0 aliphatic carbocycles. The molecule has 0 aliphatic rings. The lowest BCUT2D eigenvalue weighted by atomic mass is 10.1. The number of hydrogen-bond donors (Lipinski definition) is 2. The SMILES string of the molecule is CCOc1ccc(NC(=O)NC(=O)COC(=O)c2cc(C)cc(C)c2)cc1OCC. The van der Waals surface area contributed by atoms with E-state index in [4.69, 9.17) is 14.2 Å². The predicted octanol–water partition coefficient (Wildman–Crippen LogP) is 3.61. The second-order valence-corrected chi connectivity index (χ2v) is 6.48. The van der Waals surface area contributed by atoms with Crippen LogP contribution in [0.5, 0.6) is 11.5 Å². The van der Waals surface area contributed by atoms with E-state index in [-0.39, 0.29) is 0 Å². The van der Waals surface area contributed by atoms with Gasteiger partial charge in [0.25, 0.3) is 5.91 Å². The Hall–Kier alpha value is -3.55. The van der Waals surface area contributed by atoms with Crippen LogP contribution < -0.4 is 20.1 Å². The van der Waals surface area contributed by atoms with Crippen LogP contribution in [0.1, 0.15) is 35.3 Å². The number of nitrogens with one attached hydrogen (secondary N) is 2. The van der Waals surface area contributed by atoms with Crippen molar-refractivity contribution in [2.24, 2.45) is 0 Å². The van der Waals surface area contributed by atoms with Gasteiger partial charge in [0.2, 0.25) is 0 Å². The lowest BCUT2D eigenvalue weighted by Crippen LogP contribution is -2.37. The van der Waals surface area contributed by atoms with Crippen molar-refractivity contribution in [2.45, 2.75) is 27.7 Å². The van der Waals surface area contributed by atoms with E-state index in [1.807, 2.05) is 33.8 Å². The van der Waals surface area contributed by atoms with Gasteiger partial charge in [0.1, 0.15) is 0 Å². The summed E-state index contributed by atoms with van der Waals surface area (Å²) in [6.07, 6.45) is 0. The average Bonchev–Trinajstić information content (AvgIpc) is 2.67. The van der Waals surface area contributed by atoms with Crippen LogP contribution in [0.4, 0.5) is 10.5 Å². The highest BCUT2D eigenvalue weighted by Gasteiger charge is 2.14. The van der Waals surface area contributed by atoms with Crippen LogP contribution in [0.3, 0.4) is 0 Å². The smallest absolute Gasteiger partial charge is 0.338 e. The van der Waals surface area contributed by atoms with Crippen molar-refractivity contribution in [1.82, 2.24) is 5.32 Å². The molecule has 0 aliphatic heterocycles. The Morgan fingerprint density at radius 2 is 1.50 bits per heavy atom. The van der Waals surface area contributed by atoms with E-state index in [9.17, 15) is 14.4 Å². The fourth-order valence-electron chi connectivity index (χ4n) is 2.76. The molecule has 2 aromatic rings. The number of benzene rings is 2. The maximum atomic E-state index is 12.1. The fourth-order valence-corrected chi connectivity index (χ4v) is 2.76. The molecular formula is C22H26N2O6. The Balaban J connectivity index is 1.89. The number of urea groups is 1. The van der Waals surface area contributed by atoms with E-state index >= 15 is 0 Å². The highest BCUT2D eigenvalue weighted by molar-refractivity contribution is 6.02. The number of anilines is 1. The van der Waals surface area contributed by atoms with Crippen LogP contribution in [0.25, 0.3) is 0 Å². The van der Waals surface area contributed by atoms with Crippen molar-refractivity contribution in [3.8, 4) is 11.5 Å². The molecule has 0 aromatic heterocycles. The average molecular weight is 414 g/mol. The van der Waals surface area contributed by atoms with Gasteiger partial charge < -0.3 is 19.5 Å². The number of imide groups is 1. The molecule has 0 unspecified atom stereocenters. The summed E-state index contributed by atoms with van der Waals surface area (Å²) in [5.41, 5.74) is 2.59. The monoisotopic (exact) mass is 414 g/mol. The molecule has 0 saturated carbocycles. The van der Waals surface area contributed by atoms with E-state index in [2.05, 4.69) is 10.6 Å². The second kappa shape index (κ2) is 10.8. The van der Waals surface area contributed by atoms with Gasteiger partial charge in [0.15, 0.2) is 18.1 Å². The molecule has 0 fully saturated rings. The summed E-state index contributed by atoms with van der Waals surface area (Å²) in [7, 11) is 0. The first-order valence-corrected chi connectivity index (χ1v) is 9.58. The van der Waals surface area contributed by atoms with E-state index in [0.29, 0.717) is 36.0 Å². The maximum Gasteiger partial charge on any atom is 0.338 e. The Morgan fingerprint density at radius 1 is 0.867 bits per heavy atom. The van der Waals surface area contributed by atoms with Crippen molar-refractivity contribution < 1.29 is 28.6 Å². The minimum absolute atomic E-state index is 0.350. The molecule has 30 heavy (non-hydrogen) atoms. The number of esters is 1. The summed E-state index contributed by atoms with van der Waals surface area (Å²) < 4.78 is 15.9. The van der Waals surface area contributed by atoms with E-state index in [0.717, 1.165) is 11.1 Å². The molecule has 3 amide bonds. The standard InChI is InChI=1S/C22H26N2O6/c1-5-28-18-8-7-17(12-19(18)29-6-2)23-22(27)24-20(25)13-30-21(26)16-10-14(3)9-15(4)11-16/h7-12H,5-6,13H2,1-4H3,(H2,23,24,25,27). The first-order chi connectivity index (χ1) is 14.3. The molecule has 8 nitrogen and oxygen atoms in total. The van der Waals surface area contributed by atoms with Crippen LogP contribution >= 0.6 is 0 Å². The van der Waals surface area contributed by atoms with E-state index in [1.54, 1.807) is 30.3 Å². The predicted molar refractivity (Wildman–Crippen MR) is 112 cm³/mol. The van der Waals surface area contributed by atoms with Crippen molar-refractivity contribution in [2.75, 3.05) is 25.1 Å². The lowest BCUT2D eigenvalue weighted by molar-refractivity contribution is -0.123. The van der Waals surface area contributed by atoms with Crippen molar-refractivity contribution in [1.29, 1.82) is 0 Å². The van der Waals surface area contributed by atoms with Crippen LogP contribution in [0, 0.1) is 13.8 Å². The van der Waals surface area contributed by atoms with Gasteiger partial charge >= 0.3 is 12.0 Å². The van der Waals surface area contributed by atoms with Crippen molar-refractivity contribution in [3.63, 3.8) is 0 Å². The molecule has 0 atom stereocenters. The Kier molecular flexibility index (Phi) is 8.22. The maximum absolute atomic E-state index is 12.1. The molecule has 2 N–H and O–H groups in total. The summed E-state index contributed by atoms with van der Waals surface area (Å²) in [5, 5.41) is 4.64. The summed E-state index contributed by atoms with van der Waals surface area (Å²) >= 11 is 0. The number of rotatable bonds is 8. The van der Waals surface area contributed by atoms with Gasteiger partial charge in [-0.25, -0.2) is 9.59 Å². The number of ether oxygens (including phenoxy) is 3. The molecule has 2 aromatic carbocycles. The van der Waals surface area contributed by atoms with Crippen LogP contribution in [-0.2, 0) is 9.53 Å². The topological polar surface area (TPSA) is 103 Å². The van der Waals surface area contributed by atoms with Gasteiger partial charge in [-0.3, -0.25) is 10.1 Å². The van der Waals surface area contributed by atoms with Gasteiger partial charge in [-0.15, -0.1) is 0 Å². The minimum atomic E-state index is -0.756. The summed E-state index contributed by atoms with van der Waals surface area (Å²) in [6.45, 7) is 7.74. The van der Waals surface area contributed by atoms with Gasteiger partial charge in [-0.2, -0.15) is 0 Å². The lowest BCUT2D eigenvalue weighted by Gasteiger charge is -2.13. The third-order valence-electron chi connectivity index (χ3n) is 3.85. The highest BCUT2D eigenvalue weighted by atomic mass is 16.5. The van der Waals surface area contributed by atoms with Crippen LogP contribution in [0.2, 0.25) is 0 Å². The Bertz CT molecular complexity index is 906. The van der Waals surface area contributed by atoms with E-state index in [1.165, 1.54) is 0 Å². The van der Waals surface area contributed by atoms with Gasteiger partial charge in [0, 0.05) is 11.8 Å². The van der Waals surface area contributed by atoms with Crippen LogP contribution in [-0.4, -0.2) is 37.7 Å². The largest absolute Gasteiger partial charge is 0.490 e. The molecule has 0 heterocycles. The molecule has 0 saturated heterocycles.